The Bertz CT molecular complexity index is 1680. The molecule has 1 aliphatic rings. The smallest absolute Gasteiger partial charge is 0.253 e. The minimum atomic E-state index is -3.51. The van der Waals surface area contributed by atoms with Crippen molar-refractivity contribution in [2.45, 2.75) is 6.61 Å². The Morgan fingerprint density at radius 3 is 2.35 bits per heavy atom. The molecule has 2 heterocycles. The van der Waals surface area contributed by atoms with E-state index >= 15 is 0 Å². The topological polar surface area (TPSA) is 105 Å². The highest BCUT2D eigenvalue weighted by atomic mass is 35.5. The molecule has 4 aromatic rings. The maximum absolute atomic E-state index is 13.1. The van der Waals surface area contributed by atoms with Gasteiger partial charge in [0.05, 0.1) is 5.75 Å². The lowest BCUT2D eigenvalue weighted by Crippen LogP contribution is -2.50. The maximum atomic E-state index is 13.1. The molecule has 1 fully saturated rings. The number of fused-ring (bicyclic) bond motifs is 1. The summed E-state index contributed by atoms with van der Waals surface area (Å²) in [6, 6.07) is 21.8. The van der Waals surface area contributed by atoms with Gasteiger partial charge >= 0.3 is 0 Å². The zero-order valence-electron chi connectivity index (χ0n) is 21.6. The molecule has 1 aliphatic heterocycles. The molecule has 8 nitrogen and oxygen atoms in total. The van der Waals surface area contributed by atoms with Crippen LogP contribution in [0.5, 0.6) is 0 Å². The van der Waals surface area contributed by atoms with E-state index < -0.39 is 10.0 Å². The Kier molecular flexibility index (Phi) is 8.18. The molecule has 0 bridgehead atoms. The highest BCUT2D eigenvalue weighted by molar-refractivity contribution is 7.89. The molecule has 0 radical (unpaired) electrons. The largest absolute Gasteiger partial charge is 0.618 e. The van der Waals surface area contributed by atoms with E-state index in [0.717, 1.165) is 27.5 Å². The van der Waals surface area contributed by atoms with Crippen LogP contribution >= 0.6 is 11.6 Å². The van der Waals surface area contributed by atoms with E-state index in [0.29, 0.717) is 28.4 Å². The molecule has 5 rings (SSSR count). The lowest BCUT2D eigenvalue weighted by atomic mass is 10.0. The molecule has 10 heteroatoms. The fraction of sp³-hybridized carbons (Fsp3) is 0.200. The molecule has 1 N–H and O–H groups in total. The van der Waals surface area contributed by atoms with Crippen molar-refractivity contribution < 1.29 is 23.0 Å². The van der Waals surface area contributed by atoms with Crippen molar-refractivity contribution in [3.05, 3.63) is 112 Å². The van der Waals surface area contributed by atoms with Gasteiger partial charge in [0, 0.05) is 48.9 Å². The first kappa shape index (κ1) is 27.8. The van der Waals surface area contributed by atoms with Crippen LogP contribution in [0.15, 0.2) is 85.1 Å². The number of sulfonamides is 1. The summed E-state index contributed by atoms with van der Waals surface area (Å²) in [5, 5.41) is 23.7. The quantitative estimate of drug-likeness (QED) is 0.263. The van der Waals surface area contributed by atoms with Crippen molar-refractivity contribution in [2.75, 3.05) is 31.9 Å². The van der Waals surface area contributed by atoms with Gasteiger partial charge in [-0.1, -0.05) is 54.1 Å². The second kappa shape index (κ2) is 11.8. The van der Waals surface area contributed by atoms with Crippen LogP contribution < -0.4 is 4.73 Å². The molecule has 0 atom stereocenters. The lowest BCUT2D eigenvalue weighted by Gasteiger charge is -2.34. The van der Waals surface area contributed by atoms with Crippen LogP contribution in [0.4, 0.5) is 0 Å². The molecule has 1 saturated heterocycles. The minimum absolute atomic E-state index is 0.120. The van der Waals surface area contributed by atoms with Gasteiger partial charge in [0.25, 0.3) is 5.91 Å². The van der Waals surface area contributed by atoms with Gasteiger partial charge in [-0.25, -0.2) is 8.42 Å². The van der Waals surface area contributed by atoms with Gasteiger partial charge in [0.1, 0.15) is 6.61 Å². The maximum Gasteiger partial charge on any atom is 0.253 e. The van der Waals surface area contributed by atoms with Crippen LogP contribution in [0.25, 0.3) is 28.0 Å². The number of nitrogens with zero attached hydrogens (tertiary/aromatic N) is 3. The zero-order valence-corrected chi connectivity index (χ0v) is 23.2. The molecule has 1 aromatic heterocycles. The molecule has 1 amide bonds. The summed E-state index contributed by atoms with van der Waals surface area (Å²) in [5.74, 6) is -0.284. The summed E-state index contributed by atoms with van der Waals surface area (Å²) < 4.78 is 27.9. The van der Waals surface area contributed by atoms with Crippen LogP contribution in [0.3, 0.4) is 0 Å². The predicted molar refractivity (Wildman–Crippen MR) is 156 cm³/mol. The number of aliphatic hydroxyl groups excluding tert-OH is 1. The van der Waals surface area contributed by atoms with E-state index in [1.807, 2.05) is 36.4 Å². The third-order valence-corrected chi connectivity index (χ3v) is 8.99. The van der Waals surface area contributed by atoms with E-state index in [9.17, 15) is 23.5 Å². The van der Waals surface area contributed by atoms with Gasteiger partial charge in [-0.05, 0) is 57.8 Å². The predicted octanol–water partition coefficient (Wildman–Crippen LogP) is 4.09. The summed E-state index contributed by atoms with van der Waals surface area (Å²) in [5.41, 5.74) is 3.21. The van der Waals surface area contributed by atoms with Gasteiger partial charge < -0.3 is 15.2 Å². The minimum Gasteiger partial charge on any atom is -0.618 e. The average molecular weight is 578 g/mol. The number of halogens is 1. The first-order valence-corrected chi connectivity index (χ1v) is 14.8. The third-order valence-electron chi connectivity index (χ3n) is 6.98. The molecular weight excluding hydrogens is 550 g/mol. The molecular formula is C30H28ClN3O5S. The van der Waals surface area contributed by atoms with E-state index in [4.69, 9.17) is 11.6 Å². The van der Waals surface area contributed by atoms with Crippen LogP contribution in [-0.2, 0) is 16.6 Å². The molecule has 3 aromatic carbocycles. The number of pyridine rings is 1. The van der Waals surface area contributed by atoms with Crippen molar-refractivity contribution in [3.8, 4) is 11.1 Å². The summed E-state index contributed by atoms with van der Waals surface area (Å²) in [6.45, 7) is 0.712. The fourth-order valence-corrected chi connectivity index (χ4v) is 6.19. The number of carbonyl (C=O) groups excluding carboxylic acids is 1. The summed E-state index contributed by atoms with van der Waals surface area (Å²) in [7, 11) is -3.51. The van der Waals surface area contributed by atoms with Crippen molar-refractivity contribution in [1.82, 2.24) is 9.21 Å². The number of amides is 1. The first-order chi connectivity index (χ1) is 19.2. The Balaban J connectivity index is 1.17. The molecule has 0 aliphatic carbocycles. The van der Waals surface area contributed by atoms with E-state index in [1.54, 1.807) is 53.5 Å². The highest BCUT2D eigenvalue weighted by Crippen LogP contribution is 2.22. The van der Waals surface area contributed by atoms with Crippen molar-refractivity contribution in [3.63, 3.8) is 0 Å². The number of carbonyl (C=O) groups is 1. The van der Waals surface area contributed by atoms with E-state index in [-0.39, 0.29) is 37.1 Å². The van der Waals surface area contributed by atoms with E-state index in [2.05, 4.69) is 0 Å². The number of aliphatic hydroxyl groups is 1. The van der Waals surface area contributed by atoms with Gasteiger partial charge in [-0.15, -0.1) is 0 Å². The zero-order chi connectivity index (χ0) is 28.3. The first-order valence-electron chi connectivity index (χ1n) is 12.8. The molecule has 0 spiro atoms. The van der Waals surface area contributed by atoms with Crippen LogP contribution in [-0.4, -0.2) is 60.6 Å². The molecule has 0 unspecified atom stereocenters. The van der Waals surface area contributed by atoms with Gasteiger partial charge in [-0.2, -0.15) is 9.04 Å². The van der Waals surface area contributed by atoms with Crippen molar-refractivity contribution >= 4 is 44.4 Å². The average Bonchev–Trinajstić information content (AvgIpc) is 2.97. The Morgan fingerprint density at radius 2 is 1.62 bits per heavy atom. The van der Waals surface area contributed by atoms with Crippen molar-refractivity contribution in [1.29, 1.82) is 0 Å². The second-order valence-corrected chi connectivity index (χ2v) is 12.0. The number of rotatable bonds is 7. The molecule has 40 heavy (non-hydrogen) atoms. The lowest BCUT2D eigenvalue weighted by molar-refractivity contribution is -0.616. The van der Waals surface area contributed by atoms with Crippen LogP contribution in [0.2, 0.25) is 5.02 Å². The standard InChI is InChI=1S/C30H28ClN3O5S/c31-28-10-9-25-18-22(3-4-26(25)19-28)2-1-17-40(38,39)33-15-13-32(14-16-33)30(36)24-7-5-23(6-8-24)27-11-12-34(37)29(20-27)21-35/h1-12,18-20,35H,13-17,21H2. The summed E-state index contributed by atoms with van der Waals surface area (Å²) in [6.07, 6.45) is 4.79. The number of aromatic nitrogens is 1. The molecule has 206 valence electrons. The Morgan fingerprint density at radius 1 is 0.925 bits per heavy atom. The van der Waals surface area contributed by atoms with Gasteiger partial charge in [-0.3, -0.25) is 4.79 Å². The Labute approximate surface area is 238 Å². The fourth-order valence-electron chi connectivity index (χ4n) is 4.74. The van der Waals surface area contributed by atoms with Gasteiger partial charge in [0.15, 0.2) is 6.20 Å². The van der Waals surface area contributed by atoms with E-state index in [1.165, 1.54) is 10.5 Å². The number of piperazine rings is 1. The monoisotopic (exact) mass is 577 g/mol. The van der Waals surface area contributed by atoms with Crippen molar-refractivity contribution in [2.24, 2.45) is 0 Å². The van der Waals surface area contributed by atoms with Crippen LogP contribution in [0, 0.1) is 5.21 Å². The van der Waals surface area contributed by atoms with Crippen LogP contribution in [0.1, 0.15) is 21.6 Å². The highest BCUT2D eigenvalue weighted by Gasteiger charge is 2.28. The summed E-state index contributed by atoms with van der Waals surface area (Å²) >= 11 is 6.04. The summed E-state index contributed by atoms with van der Waals surface area (Å²) in [4.78, 5) is 14.7. The molecule has 0 saturated carbocycles. The third kappa shape index (κ3) is 6.18. The Hall–Kier alpha value is -3.76. The number of hydrogen-bond acceptors (Lipinski definition) is 5. The number of benzene rings is 3. The van der Waals surface area contributed by atoms with Gasteiger partial charge in [0.2, 0.25) is 15.7 Å². The normalized spacial score (nSPS) is 14.7. The number of hydrogen-bond donors (Lipinski definition) is 1. The SMILES string of the molecule is O=C(c1ccc(-c2cc[n+]([O-])c(CO)c2)cc1)N1CCN(S(=O)(=O)CC=Cc2ccc3cc(Cl)ccc3c2)CC1. The second-order valence-electron chi connectivity index (χ2n) is 9.59.